The number of ether oxygens (including phenoxy) is 1. The summed E-state index contributed by atoms with van der Waals surface area (Å²) in [6, 6.07) is 0.292. The molecule has 1 aliphatic rings. The SMILES string of the molecule is COCCC(C)(C)CNC(=O)C1CCCNC1C. The number of carbonyl (C=O) groups excluding carboxylic acids is 1. The number of amides is 1. The Bertz CT molecular complexity index is 267. The molecule has 1 saturated heterocycles. The van der Waals surface area contributed by atoms with E-state index in [4.69, 9.17) is 4.74 Å². The molecule has 1 fully saturated rings. The first-order valence-corrected chi connectivity index (χ1v) is 6.96. The van der Waals surface area contributed by atoms with Crippen LogP contribution in [0.25, 0.3) is 0 Å². The molecule has 0 aromatic carbocycles. The van der Waals surface area contributed by atoms with Crippen molar-refractivity contribution in [2.75, 3.05) is 26.8 Å². The number of methoxy groups -OCH3 is 1. The largest absolute Gasteiger partial charge is 0.385 e. The number of hydrogen-bond acceptors (Lipinski definition) is 3. The summed E-state index contributed by atoms with van der Waals surface area (Å²) in [7, 11) is 1.71. The Hall–Kier alpha value is -0.610. The molecule has 4 heteroatoms. The van der Waals surface area contributed by atoms with Gasteiger partial charge in [-0.3, -0.25) is 4.79 Å². The maximum absolute atomic E-state index is 12.1. The van der Waals surface area contributed by atoms with Crippen molar-refractivity contribution in [2.24, 2.45) is 11.3 Å². The molecule has 0 aromatic rings. The molecule has 1 rings (SSSR count). The molecule has 2 unspecified atom stereocenters. The van der Waals surface area contributed by atoms with Crippen LogP contribution in [0.1, 0.15) is 40.0 Å². The van der Waals surface area contributed by atoms with Crippen LogP contribution < -0.4 is 10.6 Å². The van der Waals surface area contributed by atoms with Gasteiger partial charge in [-0.1, -0.05) is 13.8 Å². The number of carbonyl (C=O) groups is 1. The Balaban J connectivity index is 2.35. The molecule has 1 amide bonds. The fourth-order valence-electron chi connectivity index (χ4n) is 2.33. The van der Waals surface area contributed by atoms with Crippen molar-refractivity contribution in [1.82, 2.24) is 10.6 Å². The normalized spacial score (nSPS) is 24.9. The average molecular weight is 256 g/mol. The smallest absolute Gasteiger partial charge is 0.224 e. The standard InChI is InChI=1S/C14H28N2O2/c1-11-12(6-5-8-15-11)13(17)16-10-14(2,3)7-9-18-4/h11-12,15H,5-10H2,1-4H3,(H,16,17). The summed E-state index contributed by atoms with van der Waals surface area (Å²) < 4.78 is 5.10. The lowest BCUT2D eigenvalue weighted by atomic mass is 9.88. The third kappa shape index (κ3) is 4.94. The summed E-state index contributed by atoms with van der Waals surface area (Å²) in [6.45, 7) is 8.91. The first-order chi connectivity index (χ1) is 8.46. The molecular formula is C14H28N2O2. The second kappa shape index (κ2) is 7.10. The van der Waals surface area contributed by atoms with E-state index in [0.29, 0.717) is 6.04 Å². The summed E-state index contributed by atoms with van der Waals surface area (Å²) in [4.78, 5) is 12.1. The molecule has 4 nitrogen and oxygen atoms in total. The number of rotatable bonds is 6. The zero-order valence-electron chi connectivity index (χ0n) is 12.2. The van der Waals surface area contributed by atoms with Gasteiger partial charge in [0.15, 0.2) is 0 Å². The van der Waals surface area contributed by atoms with Crippen molar-refractivity contribution >= 4 is 5.91 Å². The topological polar surface area (TPSA) is 50.4 Å². The van der Waals surface area contributed by atoms with Crippen molar-refractivity contribution in [3.63, 3.8) is 0 Å². The highest BCUT2D eigenvalue weighted by atomic mass is 16.5. The lowest BCUT2D eigenvalue weighted by Gasteiger charge is -2.31. The zero-order valence-corrected chi connectivity index (χ0v) is 12.2. The highest BCUT2D eigenvalue weighted by Crippen LogP contribution is 2.20. The van der Waals surface area contributed by atoms with Crippen LogP contribution in [0.5, 0.6) is 0 Å². The van der Waals surface area contributed by atoms with Gasteiger partial charge in [-0.15, -0.1) is 0 Å². The average Bonchev–Trinajstić information content (AvgIpc) is 2.34. The molecule has 0 spiro atoms. The third-order valence-corrected chi connectivity index (χ3v) is 3.82. The van der Waals surface area contributed by atoms with Gasteiger partial charge in [-0.25, -0.2) is 0 Å². The summed E-state index contributed by atoms with van der Waals surface area (Å²) in [5.41, 5.74) is 0.0942. The van der Waals surface area contributed by atoms with E-state index in [2.05, 4.69) is 31.4 Å². The molecular weight excluding hydrogens is 228 g/mol. The molecule has 1 heterocycles. The Labute approximate surface area is 111 Å². The van der Waals surface area contributed by atoms with Gasteiger partial charge in [0.1, 0.15) is 0 Å². The predicted octanol–water partition coefficient (Wildman–Crippen LogP) is 1.55. The van der Waals surface area contributed by atoms with E-state index in [1.807, 2.05) is 0 Å². The van der Waals surface area contributed by atoms with Gasteiger partial charge < -0.3 is 15.4 Å². The van der Waals surface area contributed by atoms with Crippen LogP contribution in [0.3, 0.4) is 0 Å². The summed E-state index contributed by atoms with van der Waals surface area (Å²) >= 11 is 0. The van der Waals surface area contributed by atoms with Crippen LogP contribution in [-0.2, 0) is 9.53 Å². The highest BCUT2D eigenvalue weighted by molar-refractivity contribution is 5.79. The minimum atomic E-state index is 0.0942. The summed E-state index contributed by atoms with van der Waals surface area (Å²) in [5, 5.41) is 6.46. The maximum Gasteiger partial charge on any atom is 0.224 e. The number of hydrogen-bond donors (Lipinski definition) is 2. The van der Waals surface area contributed by atoms with Crippen LogP contribution in [-0.4, -0.2) is 38.8 Å². The van der Waals surface area contributed by atoms with Crippen LogP contribution in [0.15, 0.2) is 0 Å². The number of piperidine rings is 1. The van der Waals surface area contributed by atoms with Crippen molar-refractivity contribution in [1.29, 1.82) is 0 Å². The van der Waals surface area contributed by atoms with Crippen LogP contribution in [0, 0.1) is 11.3 Å². The molecule has 2 atom stereocenters. The Morgan fingerprint density at radius 3 is 2.83 bits per heavy atom. The fourth-order valence-corrected chi connectivity index (χ4v) is 2.33. The lowest BCUT2D eigenvalue weighted by Crippen LogP contribution is -2.48. The fraction of sp³-hybridized carbons (Fsp3) is 0.929. The summed E-state index contributed by atoms with van der Waals surface area (Å²) in [6.07, 6.45) is 3.05. The van der Waals surface area contributed by atoms with Gasteiger partial charge in [-0.05, 0) is 38.1 Å². The molecule has 106 valence electrons. The molecule has 0 aliphatic carbocycles. The second-order valence-electron chi connectivity index (χ2n) is 6.12. The van der Waals surface area contributed by atoms with Gasteiger partial charge in [0, 0.05) is 26.3 Å². The van der Waals surface area contributed by atoms with Crippen LogP contribution >= 0.6 is 0 Å². The molecule has 0 bridgehead atoms. The van der Waals surface area contributed by atoms with E-state index in [0.717, 1.165) is 39.0 Å². The summed E-state index contributed by atoms with van der Waals surface area (Å²) in [5.74, 6) is 0.317. The molecule has 0 saturated carbocycles. The second-order valence-corrected chi connectivity index (χ2v) is 6.12. The Morgan fingerprint density at radius 1 is 1.50 bits per heavy atom. The van der Waals surface area contributed by atoms with Gasteiger partial charge in [-0.2, -0.15) is 0 Å². The monoisotopic (exact) mass is 256 g/mol. The maximum atomic E-state index is 12.1. The van der Waals surface area contributed by atoms with E-state index in [-0.39, 0.29) is 17.2 Å². The lowest BCUT2D eigenvalue weighted by molar-refractivity contribution is -0.127. The number of nitrogens with one attached hydrogen (secondary N) is 2. The van der Waals surface area contributed by atoms with Crippen molar-refractivity contribution in [2.45, 2.75) is 46.1 Å². The van der Waals surface area contributed by atoms with Crippen molar-refractivity contribution in [3.8, 4) is 0 Å². The molecule has 1 aliphatic heterocycles. The van der Waals surface area contributed by atoms with Crippen molar-refractivity contribution < 1.29 is 9.53 Å². The van der Waals surface area contributed by atoms with E-state index in [9.17, 15) is 4.79 Å². The van der Waals surface area contributed by atoms with E-state index < -0.39 is 0 Å². The van der Waals surface area contributed by atoms with Gasteiger partial charge >= 0.3 is 0 Å². The minimum Gasteiger partial charge on any atom is -0.385 e. The van der Waals surface area contributed by atoms with E-state index in [1.54, 1.807) is 7.11 Å². The Morgan fingerprint density at radius 2 is 2.22 bits per heavy atom. The quantitative estimate of drug-likeness (QED) is 0.758. The minimum absolute atomic E-state index is 0.0942. The Kier molecular flexibility index (Phi) is 6.09. The highest BCUT2D eigenvalue weighted by Gasteiger charge is 2.28. The third-order valence-electron chi connectivity index (χ3n) is 3.82. The van der Waals surface area contributed by atoms with Gasteiger partial charge in [0.05, 0.1) is 5.92 Å². The van der Waals surface area contributed by atoms with Gasteiger partial charge in [0.25, 0.3) is 0 Å². The first kappa shape index (κ1) is 15.4. The zero-order chi connectivity index (χ0) is 13.6. The molecule has 0 aromatic heterocycles. The predicted molar refractivity (Wildman–Crippen MR) is 73.5 cm³/mol. The van der Waals surface area contributed by atoms with Crippen LogP contribution in [0.2, 0.25) is 0 Å². The van der Waals surface area contributed by atoms with E-state index >= 15 is 0 Å². The molecule has 0 radical (unpaired) electrons. The molecule has 2 N–H and O–H groups in total. The van der Waals surface area contributed by atoms with Crippen LogP contribution in [0.4, 0.5) is 0 Å². The first-order valence-electron chi connectivity index (χ1n) is 6.96. The van der Waals surface area contributed by atoms with Crippen molar-refractivity contribution in [3.05, 3.63) is 0 Å². The molecule has 18 heavy (non-hydrogen) atoms. The van der Waals surface area contributed by atoms with Gasteiger partial charge in [0.2, 0.25) is 5.91 Å². The van der Waals surface area contributed by atoms with E-state index in [1.165, 1.54) is 0 Å².